The monoisotopic (exact) mass is 313 g/mol. The quantitative estimate of drug-likeness (QED) is 0.653. The summed E-state index contributed by atoms with van der Waals surface area (Å²) < 4.78 is 0. The number of rotatable bonds is 5. The number of phenolic OH excluding ortho intramolecular Hbond substituents is 1. The molecule has 0 bridgehead atoms. The Morgan fingerprint density at radius 3 is 2.12 bits per heavy atom. The van der Waals surface area contributed by atoms with Gasteiger partial charge in [-0.2, -0.15) is 0 Å². The normalized spacial score (nSPS) is 11.8. The molecule has 3 aromatic rings. The molecule has 24 heavy (non-hydrogen) atoms. The van der Waals surface area contributed by atoms with Crippen LogP contribution in [-0.2, 0) is 6.54 Å². The lowest BCUT2D eigenvalue weighted by Crippen LogP contribution is -1.98. The summed E-state index contributed by atoms with van der Waals surface area (Å²) in [6, 6.07) is 27.5. The van der Waals surface area contributed by atoms with Gasteiger partial charge in [0.05, 0.1) is 12.3 Å². The van der Waals surface area contributed by atoms with E-state index in [0.717, 1.165) is 22.4 Å². The Morgan fingerprint density at radius 2 is 1.42 bits per heavy atom. The van der Waals surface area contributed by atoms with Crippen LogP contribution in [0.2, 0.25) is 0 Å². The molecule has 0 aliphatic heterocycles. The number of hydrogen-bond donors (Lipinski definition) is 1. The second-order valence-corrected chi connectivity index (χ2v) is 5.45. The number of phenols is 1. The average molecular weight is 313 g/mol. The third kappa shape index (κ3) is 4.20. The van der Waals surface area contributed by atoms with Crippen LogP contribution in [0.3, 0.4) is 0 Å². The molecule has 0 spiro atoms. The molecular formula is C22H19NO. The maximum atomic E-state index is 10.2. The van der Waals surface area contributed by atoms with E-state index in [1.54, 1.807) is 6.07 Å². The van der Waals surface area contributed by atoms with E-state index in [1.165, 1.54) is 0 Å². The van der Waals surface area contributed by atoms with Crippen LogP contribution < -0.4 is 0 Å². The van der Waals surface area contributed by atoms with E-state index in [-0.39, 0.29) is 5.75 Å². The lowest BCUT2D eigenvalue weighted by atomic mass is 10.1. The molecule has 0 heterocycles. The van der Waals surface area contributed by atoms with Gasteiger partial charge in [-0.15, -0.1) is 0 Å². The smallest absolute Gasteiger partial charge is 0.124 e. The minimum absolute atomic E-state index is 0.238. The zero-order valence-electron chi connectivity index (χ0n) is 13.3. The number of benzene rings is 3. The topological polar surface area (TPSA) is 32.6 Å². The highest BCUT2D eigenvalue weighted by molar-refractivity contribution is 6.12. The van der Waals surface area contributed by atoms with Crippen molar-refractivity contribution in [1.29, 1.82) is 0 Å². The lowest BCUT2D eigenvalue weighted by molar-refractivity contribution is 0.474. The molecule has 0 saturated carbocycles. The summed E-state index contributed by atoms with van der Waals surface area (Å²) in [7, 11) is 0. The predicted octanol–water partition coefficient (Wildman–Crippen LogP) is 5.09. The van der Waals surface area contributed by atoms with Gasteiger partial charge in [0, 0.05) is 5.56 Å². The number of aromatic hydroxyl groups is 1. The highest BCUT2D eigenvalue weighted by atomic mass is 16.3. The van der Waals surface area contributed by atoms with Crippen LogP contribution in [0.25, 0.3) is 6.08 Å². The molecule has 0 aromatic heterocycles. The van der Waals surface area contributed by atoms with Gasteiger partial charge in [-0.25, -0.2) is 0 Å². The Hall–Kier alpha value is -3.13. The second kappa shape index (κ2) is 7.93. The van der Waals surface area contributed by atoms with Gasteiger partial charge in [0.15, 0.2) is 0 Å². The highest BCUT2D eigenvalue weighted by Crippen LogP contribution is 2.19. The van der Waals surface area contributed by atoms with Crippen molar-refractivity contribution >= 4 is 11.8 Å². The van der Waals surface area contributed by atoms with Gasteiger partial charge in [0.2, 0.25) is 0 Å². The number of aliphatic imine (C=N–C) groups is 1. The van der Waals surface area contributed by atoms with Crippen molar-refractivity contribution in [3.63, 3.8) is 0 Å². The number of para-hydroxylation sites is 1. The second-order valence-electron chi connectivity index (χ2n) is 5.45. The summed E-state index contributed by atoms with van der Waals surface area (Å²) in [6.45, 7) is 0.573. The Morgan fingerprint density at radius 1 is 0.792 bits per heavy atom. The third-order valence-electron chi connectivity index (χ3n) is 3.69. The molecule has 0 radical (unpaired) electrons. The molecule has 118 valence electrons. The Kier molecular flexibility index (Phi) is 5.21. The van der Waals surface area contributed by atoms with Gasteiger partial charge in [-0.1, -0.05) is 78.9 Å². The van der Waals surface area contributed by atoms with Crippen molar-refractivity contribution in [3.05, 3.63) is 108 Å². The first-order valence-corrected chi connectivity index (χ1v) is 7.93. The number of hydrogen-bond acceptors (Lipinski definition) is 2. The summed E-state index contributed by atoms with van der Waals surface area (Å²) in [5.74, 6) is 0.238. The summed E-state index contributed by atoms with van der Waals surface area (Å²) in [5.41, 5.74) is 3.74. The molecule has 0 unspecified atom stereocenters. The van der Waals surface area contributed by atoms with E-state index in [4.69, 9.17) is 4.99 Å². The van der Waals surface area contributed by atoms with Crippen molar-refractivity contribution in [2.24, 2.45) is 4.99 Å². The molecule has 1 N–H and O–H groups in total. The maximum Gasteiger partial charge on any atom is 0.124 e. The predicted molar refractivity (Wildman–Crippen MR) is 100 cm³/mol. The lowest BCUT2D eigenvalue weighted by Gasteiger charge is -2.06. The third-order valence-corrected chi connectivity index (χ3v) is 3.69. The SMILES string of the molecule is Oc1ccccc1C(/C=C/c1ccccc1)=NCc1ccccc1. The average Bonchev–Trinajstić information content (AvgIpc) is 2.64. The van der Waals surface area contributed by atoms with Gasteiger partial charge in [0.25, 0.3) is 0 Å². The van der Waals surface area contributed by atoms with Crippen LogP contribution in [0.5, 0.6) is 5.75 Å². The van der Waals surface area contributed by atoms with E-state index in [2.05, 4.69) is 0 Å². The molecule has 0 fully saturated rings. The number of nitrogens with zero attached hydrogens (tertiary/aromatic N) is 1. The minimum Gasteiger partial charge on any atom is -0.507 e. The number of allylic oxidation sites excluding steroid dienone is 1. The molecule has 3 aromatic carbocycles. The van der Waals surface area contributed by atoms with E-state index >= 15 is 0 Å². The molecule has 0 aliphatic rings. The molecule has 0 aliphatic carbocycles. The van der Waals surface area contributed by atoms with Gasteiger partial charge >= 0.3 is 0 Å². The van der Waals surface area contributed by atoms with Gasteiger partial charge < -0.3 is 5.11 Å². The Labute approximate surface area is 142 Å². The molecule has 2 heteroatoms. The van der Waals surface area contributed by atoms with E-state index in [9.17, 15) is 5.11 Å². The minimum atomic E-state index is 0.238. The van der Waals surface area contributed by atoms with E-state index in [0.29, 0.717) is 6.54 Å². The summed E-state index contributed by atoms with van der Waals surface area (Å²) in [5, 5.41) is 10.2. The zero-order valence-corrected chi connectivity index (χ0v) is 13.3. The molecule has 0 atom stereocenters. The Bertz CT molecular complexity index is 836. The summed E-state index contributed by atoms with van der Waals surface area (Å²) in [6.07, 6.45) is 3.96. The van der Waals surface area contributed by atoms with Gasteiger partial charge in [0.1, 0.15) is 5.75 Å². The van der Waals surface area contributed by atoms with Crippen molar-refractivity contribution in [1.82, 2.24) is 0 Å². The van der Waals surface area contributed by atoms with Crippen LogP contribution in [0, 0.1) is 0 Å². The Balaban J connectivity index is 1.92. The van der Waals surface area contributed by atoms with E-state index in [1.807, 2.05) is 91.0 Å². The first-order chi connectivity index (χ1) is 11.8. The van der Waals surface area contributed by atoms with Crippen molar-refractivity contribution in [2.75, 3.05) is 0 Å². The fourth-order valence-corrected chi connectivity index (χ4v) is 2.42. The van der Waals surface area contributed by atoms with Gasteiger partial charge in [-0.05, 0) is 29.3 Å². The summed E-state index contributed by atoms with van der Waals surface area (Å²) >= 11 is 0. The largest absolute Gasteiger partial charge is 0.507 e. The van der Waals surface area contributed by atoms with E-state index < -0.39 is 0 Å². The van der Waals surface area contributed by atoms with Crippen LogP contribution in [-0.4, -0.2) is 10.8 Å². The maximum absolute atomic E-state index is 10.2. The molecule has 2 nitrogen and oxygen atoms in total. The van der Waals surface area contributed by atoms with Crippen LogP contribution in [0.15, 0.2) is 96.0 Å². The fourth-order valence-electron chi connectivity index (χ4n) is 2.42. The fraction of sp³-hybridized carbons (Fsp3) is 0.0455. The van der Waals surface area contributed by atoms with Crippen LogP contribution in [0.4, 0.5) is 0 Å². The molecule has 0 saturated heterocycles. The molecular weight excluding hydrogens is 294 g/mol. The van der Waals surface area contributed by atoms with Crippen LogP contribution >= 0.6 is 0 Å². The first-order valence-electron chi connectivity index (χ1n) is 7.93. The van der Waals surface area contributed by atoms with Crippen molar-refractivity contribution in [3.8, 4) is 5.75 Å². The van der Waals surface area contributed by atoms with Crippen LogP contribution in [0.1, 0.15) is 16.7 Å². The summed E-state index contributed by atoms with van der Waals surface area (Å²) in [4.78, 5) is 4.71. The first kappa shape index (κ1) is 15.8. The standard InChI is InChI=1S/C22H19NO/c24-22-14-8-7-13-20(22)21(16-15-18-9-3-1-4-10-18)23-17-19-11-5-2-6-12-19/h1-16,24H,17H2/b16-15+,23-21?. The van der Waals surface area contributed by atoms with Crippen molar-refractivity contribution < 1.29 is 5.11 Å². The molecule has 3 rings (SSSR count). The van der Waals surface area contributed by atoms with Crippen molar-refractivity contribution in [2.45, 2.75) is 6.54 Å². The highest BCUT2D eigenvalue weighted by Gasteiger charge is 2.05. The van der Waals surface area contributed by atoms with Gasteiger partial charge in [-0.3, -0.25) is 4.99 Å². The molecule has 0 amide bonds. The zero-order chi connectivity index (χ0) is 16.6.